The molecular weight excluding hydrogens is 222 g/mol. The number of urea groups is 1. The first kappa shape index (κ1) is 12.3. The van der Waals surface area contributed by atoms with Gasteiger partial charge in [0, 0.05) is 0 Å². The largest absolute Gasteiger partial charge is 0.508 e. The average Bonchev–Trinajstić information content (AvgIpc) is 2.27. The van der Waals surface area contributed by atoms with Gasteiger partial charge in [0.25, 0.3) is 5.91 Å². The van der Waals surface area contributed by atoms with Crippen molar-refractivity contribution in [2.75, 3.05) is 0 Å². The molecule has 0 aliphatic carbocycles. The van der Waals surface area contributed by atoms with Gasteiger partial charge in [0.2, 0.25) is 0 Å². The molecule has 0 unspecified atom stereocenters. The lowest BCUT2D eigenvalue weighted by molar-refractivity contribution is -0.115. The summed E-state index contributed by atoms with van der Waals surface area (Å²) in [6.07, 6.45) is 1.28. The second kappa shape index (κ2) is 5.32. The molecule has 0 aliphatic rings. The van der Waals surface area contributed by atoms with Crippen molar-refractivity contribution in [1.29, 1.82) is 5.26 Å². The van der Waals surface area contributed by atoms with Crippen LogP contribution in [-0.2, 0) is 4.79 Å². The van der Waals surface area contributed by atoms with Crippen LogP contribution in [0.5, 0.6) is 5.75 Å². The van der Waals surface area contributed by atoms with E-state index in [0.717, 1.165) is 0 Å². The van der Waals surface area contributed by atoms with Crippen LogP contribution in [0, 0.1) is 11.3 Å². The minimum absolute atomic E-state index is 0.0715. The van der Waals surface area contributed by atoms with Crippen LogP contribution >= 0.6 is 0 Å². The van der Waals surface area contributed by atoms with Gasteiger partial charge in [0.15, 0.2) is 0 Å². The van der Waals surface area contributed by atoms with E-state index < -0.39 is 11.9 Å². The van der Waals surface area contributed by atoms with Gasteiger partial charge in [-0.25, -0.2) is 4.79 Å². The van der Waals surface area contributed by atoms with Gasteiger partial charge in [-0.3, -0.25) is 10.1 Å². The van der Waals surface area contributed by atoms with Crippen LogP contribution in [0.4, 0.5) is 4.79 Å². The van der Waals surface area contributed by atoms with Gasteiger partial charge in [-0.15, -0.1) is 0 Å². The fraction of sp³-hybridized carbons (Fsp3) is 0. The molecule has 1 aromatic rings. The molecule has 0 bridgehead atoms. The van der Waals surface area contributed by atoms with Crippen molar-refractivity contribution in [3.63, 3.8) is 0 Å². The van der Waals surface area contributed by atoms with Gasteiger partial charge in [0.05, 0.1) is 0 Å². The van der Waals surface area contributed by atoms with Crippen LogP contribution < -0.4 is 11.1 Å². The summed E-state index contributed by atoms with van der Waals surface area (Å²) in [5.41, 5.74) is 5.04. The third-order valence-electron chi connectivity index (χ3n) is 1.81. The quantitative estimate of drug-likeness (QED) is 0.507. The standard InChI is InChI=1S/C11H9N3O3/c12-6-8(10(16)14-11(13)17)5-7-1-3-9(15)4-2-7/h1-5,15H,(H3,13,14,16,17)/b8-5-. The number of phenolic OH excluding ortho intramolecular Hbond substituents is 1. The topological polar surface area (TPSA) is 116 Å². The predicted molar refractivity (Wildman–Crippen MR) is 59.4 cm³/mol. The molecule has 6 heteroatoms. The Labute approximate surface area is 97.0 Å². The third-order valence-corrected chi connectivity index (χ3v) is 1.81. The minimum Gasteiger partial charge on any atom is -0.508 e. The van der Waals surface area contributed by atoms with E-state index in [4.69, 9.17) is 16.1 Å². The first-order valence-electron chi connectivity index (χ1n) is 4.54. The van der Waals surface area contributed by atoms with E-state index in [-0.39, 0.29) is 11.3 Å². The van der Waals surface area contributed by atoms with E-state index in [1.165, 1.54) is 30.3 Å². The maximum absolute atomic E-state index is 11.3. The van der Waals surface area contributed by atoms with E-state index in [9.17, 15) is 9.59 Å². The lowest BCUT2D eigenvalue weighted by Gasteiger charge is -1.99. The maximum atomic E-state index is 11.3. The Bertz CT molecular complexity index is 512. The number of nitriles is 1. The van der Waals surface area contributed by atoms with E-state index in [0.29, 0.717) is 5.56 Å². The Kier molecular flexibility index (Phi) is 3.84. The third kappa shape index (κ3) is 3.68. The highest BCUT2D eigenvalue weighted by Crippen LogP contribution is 2.12. The number of carbonyl (C=O) groups excluding carboxylic acids is 2. The lowest BCUT2D eigenvalue weighted by Crippen LogP contribution is -2.35. The molecule has 0 heterocycles. The minimum atomic E-state index is -1.03. The highest BCUT2D eigenvalue weighted by molar-refractivity contribution is 6.08. The summed E-state index contributed by atoms with van der Waals surface area (Å²) in [5, 5.41) is 19.6. The van der Waals surface area contributed by atoms with Crippen LogP contribution in [0.2, 0.25) is 0 Å². The summed E-state index contributed by atoms with van der Waals surface area (Å²) < 4.78 is 0. The van der Waals surface area contributed by atoms with Crippen LogP contribution in [-0.4, -0.2) is 17.0 Å². The van der Waals surface area contributed by atoms with Crippen LogP contribution in [0.15, 0.2) is 29.8 Å². The number of amides is 3. The molecule has 4 N–H and O–H groups in total. The fourth-order valence-electron chi connectivity index (χ4n) is 1.07. The summed E-state index contributed by atoms with van der Waals surface area (Å²) in [4.78, 5) is 21.8. The summed E-state index contributed by atoms with van der Waals surface area (Å²) in [6.45, 7) is 0. The van der Waals surface area contributed by atoms with Gasteiger partial charge in [-0.05, 0) is 23.8 Å². The number of nitrogens with one attached hydrogen (secondary N) is 1. The van der Waals surface area contributed by atoms with Gasteiger partial charge in [-0.2, -0.15) is 5.26 Å². The summed E-state index contributed by atoms with van der Waals surface area (Å²) in [7, 11) is 0. The monoisotopic (exact) mass is 231 g/mol. The van der Waals surface area contributed by atoms with E-state index in [1.807, 2.05) is 0 Å². The molecule has 0 atom stereocenters. The second-order valence-electron chi connectivity index (χ2n) is 3.08. The molecule has 0 saturated heterocycles. The van der Waals surface area contributed by atoms with Crippen molar-refractivity contribution in [3.8, 4) is 11.8 Å². The van der Waals surface area contributed by atoms with Crippen molar-refractivity contribution in [2.45, 2.75) is 0 Å². The van der Waals surface area contributed by atoms with Crippen molar-refractivity contribution in [1.82, 2.24) is 5.32 Å². The van der Waals surface area contributed by atoms with Crippen molar-refractivity contribution in [2.24, 2.45) is 5.73 Å². The Morgan fingerprint density at radius 2 is 1.94 bits per heavy atom. The number of nitrogens with zero attached hydrogens (tertiary/aromatic N) is 1. The van der Waals surface area contributed by atoms with E-state index in [1.54, 1.807) is 11.4 Å². The zero-order valence-corrected chi connectivity index (χ0v) is 8.68. The number of primary amides is 1. The fourth-order valence-corrected chi connectivity index (χ4v) is 1.07. The van der Waals surface area contributed by atoms with Crippen LogP contribution in [0.1, 0.15) is 5.56 Å². The first-order chi connectivity index (χ1) is 8.02. The zero-order chi connectivity index (χ0) is 12.8. The Hall–Kier alpha value is -2.81. The molecule has 17 heavy (non-hydrogen) atoms. The van der Waals surface area contributed by atoms with Gasteiger partial charge in [-0.1, -0.05) is 12.1 Å². The average molecular weight is 231 g/mol. The molecule has 6 nitrogen and oxygen atoms in total. The van der Waals surface area contributed by atoms with Gasteiger partial charge >= 0.3 is 6.03 Å². The highest BCUT2D eigenvalue weighted by atomic mass is 16.3. The van der Waals surface area contributed by atoms with Crippen LogP contribution in [0.3, 0.4) is 0 Å². The van der Waals surface area contributed by atoms with Crippen molar-refractivity contribution >= 4 is 18.0 Å². The Balaban J connectivity index is 2.95. The number of carbonyl (C=O) groups is 2. The molecule has 0 aromatic heterocycles. The van der Waals surface area contributed by atoms with Crippen LogP contribution in [0.25, 0.3) is 6.08 Å². The molecule has 1 rings (SSSR count). The first-order valence-corrected chi connectivity index (χ1v) is 4.54. The van der Waals surface area contributed by atoms with E-state index in [2.05, 4.69) is 0 Å². The summed E-state index contributed by atoms with van der Waals surface area (Å²) in [5.74, 6) is -0.796. The van der Waals surface area contributed by atoms with Gasteiger partial charge < -0.3 is 10.8 Å². The molecule has 1 aromatic carbocycles. The molecule has 86 valence electrons. The van der Waals surface area contributed by atoms with E-state index >= 15 is 0 Å². The number of rotatable bonds is 2. The number of hydrogen-bond acceptors (Lipinski definition) is 4. The molecule has 0 spiro atoms. The second-order valence-corrected chi connectivity index (χ2v) is 3.08. The molecule has 0 saturated carbocycles. The predicted octanol–water partition coefficient (Wildman–Crippen LogP) is 0.494. The lowest BCUT2D eigenvalue weighted by atomic mass is 10.1. The number of aromatic hydroxyl groups is 1. The molecule has 0 fully saturated rings. The normalized spacial score (nSPS) is 10.4. The SMILES string of the molecule is N#C/C(=C/c1ccc(O)cc1)C(=O)NC(N)=O. The number of hydrogen-bond donors (Lipinski definition) is 3. The number of benzene rings is 1. The van der Waals surface area contributed by atoms with Gasteiger partial charge in [0.1, 0.15) is 17.4 Å². The van der Waals surface area contributed by atoms with Crippen molar-refractivity contribution < 1.29 is 14.7 Å². The Morgan fingerprint density at radius 3 is 2.41 bits per heavy atom. The smallest absolute Gasteiger partial charge is 0.319 e. The van der Waals surface area contributed by atoms with Crippen molar-refractivity contribution in [3.05, 3.63) is 35.4 Å². The maximum Gasteiger partial charge on any atom is 0.319 e. The number of phenols is 1. The molecular formula is C11H9N3O3. The molecule has 0 aliphatic heterocycles. The zero-order valence-electron chi connectivity index (χ0n) is 8.68. The summed E-state index contributed by atoms with van der Waals surface area (Å²) in [6, 6.07) is 6.48. The number of nitrogens with two attached hydrogens (primary N) is 1. The Morgan fingerprint density at radius 1 is 1.35 bits per heavy atom. The number of imide groups is 1. The summed E-state index contributed by atoms with van der Waals surface area (Å²) >= 11 is 0. The highest BCUT2D eigenvalue weighted by Gasteiger charge is 2.10. The molecule has 3 amide bonds. The molecule has 0 radical (unpaired) electrons.